The van der Waals surface area contributed by atoms with Gasteiger partial charge in [0, 0.05) is 6.42 Å². The second-order valence-electron chi connectivity index (χ2n) is 20.8. The first kappa shape index (κ1) is 63.9. The second-order valence-corrected chi connectivity index (χ2v) is 20.8. The average molecular weight is 915 g/mol. The lowest BCUT2D eigenvalue weighted by Gasteiger charge is -2.22. The molecule has 0 heterocycles. The summed E-state index contributed by atoms with van der Waals surface area (Å²) in [6, 6.07) is -0.539. The number of rotatable bonds is 56. The average Bonchev–Trinajstić information content (AvgIpc) is 3.31. The first-order valence-corrected chi connectivity index (χ1v) is 30.0. The fourth-order valence-corrected chi connectivity index (χ4v) is 9.63. The van der Waals surface area contributed by atoms with Crippen molar-refractivity contribution in [2.75, 3.05) is 6.61 Å². The van der Waals surface area contributed by atoms with Crippen molar-refractivity contribution in [1.82, 2.24) is 5.32 Å². The summed E-state index contributed by atoms with van der Waals surface area (Å²) >= 11 is 0. The van der Waals surface area contributed by atoms with Crippen LogP contribution in [0.2, 0.25) is 0 Å². The zero-order valence-corrected chi connectivity index (χ0v) is 44.5. The molecule has 3 N–H and O–H groups in total. The predicted molar refractivity (Wildman–Crippen MR) is 290 cm³/mol. The Morgan fingerprint density at radius 2 is 0.631 bits per heavy atom. The Labute approximate surface area is 409 Å². The zero-order valence-electron chi connectivity index (χ0n) is 44.5. The molecule has 0 rings (SSSR count). The van der Waals surface area contributed by atoms with E-state index in [1.807, 2.05) is 0 Å². The largest absolute Gasteiger partial charge is 0.394 e. The molecule has 2 unspecified atom stereocenters. The Morgan fingerprint density at radius 1 is 0.369 bits per heavy atom. The van der Waals surface area contributed by atoms with Crippen LogP contribution in [0.25, 0.3) is 0 Å². The van der Waals surface area contributed by atoms with Gasteiger partial charge in [0.1, 0.15) is 0 Å². The summed E-state index contributed by atoms with van der Waals surface area (Å²) in [5.74, 6) is -0.0305. The van der Waals surface area contributed by atoms with E-state index in [0.29, 0.717) is 12.8 Å². The van der Waals surface area contributed by atoms with Crippen molar-refractivity contribution in [3.63, 3.8) is 0 Å². The number of unbranched alkanes of at least 4 members (excludes halogenated alkanes) is 45. The van der Waals surface area contributed by atoms with Gasteiger partial charge in [-0.05, 0) is 44.9 Å². The van der Waals surface area contributed by atoms with E-state index in [2.05, 4.69) is 43.5 Å². The highest BCUT2D eigenvalue weighted by atomic mass is 16.3. The molecular weight excluding hydrogens is 795 g/mol. The van der Waals surface area contributed by atoms with Gasteiger partial charge >= 0.3 is 0 Å². The summed E-state index contributed by atoms with van der Waals surface area (Å²) in [5, 5.41) is 23.4. The van der Waals surface area contributed by atoms with Crippen LogP contribution in [0.5, 0.6) is 0 Å². The van der Waals surface area contributed by atoms with Gasteiger partial charge in [0.15, 0.2) is 0 Å². The highest BCUT2D eigenvalue weighted by Crippen LogP contribution is 2.18. The van der Waals surface area contributed by atoms with Gasteiger partial charge in [-0.1, -0.05) is 314 Å². The molecule has 0 saturated heterocycles. The van der Waals surface area contributed by atoms with E-state index in [0.717, 1.165) is 32.1 Å². The Balaban J connectivity index is 3.41. The molecule has 0 aliphatic heterocycles. The summed E-state index contributed by atoms with van der Waals surface area (Å²) in [6.07, 6.45) is 76.2. The minimum atomic E-state index is -0.662. The summed E-state index contributed by atoms with van der Waals surface area (Å²) in [5.41, 5.74) is 0. The number of nitrogens with one attached hydrogen (secondary N) is 1. The molecule has 0 saturated carbocycles. The SMILES string of the molecule is CCCCCCC/C=C\C/C=C\CCCCCCCCCCCC(=O)NC(CO)C(O)CCCCCCCCCCCCCCCCCCCCCCCCCCCCCCCCCC. The number of hydrogen-bond acceptors (Lipinski definition) is 3. The van der Waals surface area contributed by atoms with E-state index < -0.39 is 12.1 Å². The molecular formula is C61H119NO3. The molecule has 0 bridgehead atoms. The minimum Gasteiger partial charge on any atom is -0.394 e. The van der Waals surface area contributed by atoms with Crippen molar-refractivity contribution in [3.05, 3.63) is 24.3 Å². The molecule has 4 nitrogen and oxygen atoms in total. The van der Waals surface area contributed by atoms with Crippen LogP contribution in [-0.4, -0.2) is 34.9 Å². The van der Waals surface area contributed by atoms with Gasteiger partial charge in [0.05, 0.1) is 18.8 Å². The fourth-order valence-electron chi connectivity index (χ4n) is 9.63. The Hall–Kier alpha value is -1.13. The molecule has 0 radical (unpaired) electrons. The maximum atomic E-state index is 12.5. The summed E-state index contributed by atoms with van der Waals surface area (Å²) in [6.45, 7) is 4.38. The lowest BCUT2D eigenvalue weighted by atomic mass is 10.0. The third-order valence-electron chi connectivity index (χ3n) is 14.2. The van der Waals surface area contributed by atoms with Crippen LogP contribution in [0.15, 0.2) is 24.3 Å². The summed E-state index contributed by atoms with van der Waals surface area (Å²) in [7, 11) is 0. The van der Waals surface area contributed by atoms with Crippen molar-refractivity contribution in [2.45, 2.75) is 353 Å². The number of carbonyl (C=O) groups excluding carboxylic acids is 1. The van der Waals surface area contributed by atoms with Crippen molar-refractivity contribution < 1.29 is 15.0 Å². The van der Waals surface area contributed by atoms with Gasteiger partial charge in [-0.3, -0.25) is 4.79 Å². The number of aliphatic hydroxyl groups excluding tert-OH is 2. The number of hydrogen-bond donors (Lipinski definition) is 3. The lowest BCUT2D eigenvalue weighted by Crippen LogP contribution is -2.45. The highest BCUT2D eigenvalue weighted by Gasteiger charge is 2.20. The lowest BCUT2D eigenvalue weighted by molar-refractivity contribution is -0.123. The monoisotopic (exact) mass is 914 g/mol. The fraction of sp³-hybridized carbons (Fsp3) is 0.918. The maximum Gasteiger partial charge on any atom is 0.220 e. The third-order valence-corrected chi connectivity index (χ3v) is 14.2. The zero-order chi connectivity index (χ0) is 47.0. The van der Waals surface area contributed by atoms with Gasteiger partial charge in [-0.25, -0.2) is 0 Å². The van der Waals surface area contributed by atoms with Crippen LogP contribution in [0.1, 0.15) is 341 Å². The molecule has 0 fully saturated rings. The normalized spacial score (nSPS) is 12.9. The van der Waals surface area contributed by atoms with Gasteiger partial charge in [-0.2, -0.15) is 0 Å². The number of aliphatic hydroxyl groups is 2. The molecule has 0 aromatic rings. The molecule has 4 heteroatoms. The summed E-state index contributed by atoms with van der Waals surface area (Å²) < 4.78 is 0. The van der Waals surface area contributed by atoms with Crippen LogP contribution < -0.4 is 5.32 Å². The van der Waals surface area contributed by atoms with Gasteiger partial charge in [0.2, 0.25) is 5.91 Å². The van der Waals surface area contributed by atoms with Gasteiger partial charge < -0.3 is 15.5 Å². The molecule has 386 valence electrons. The van der Waals surface area contributed by atoms with E-state index >= 15 is 0 Å². The Kier molecular flexibility index (Phi) is 56.2. The first-order chi connectivity index (χ1) is 32.2. The molecule has 2 atom stereocenters. The van der Waals surface area contributed by atoms with E-state index in [4.69, 9.17) is 0 Å². The highest BCUT2D eigenvalue weighted by molar-refractivity contribution is 5.76. The Morgan fingerprint density at radius 3 is 0.923 bits per heavy atom. The topological polar surface area (TPSA) is 69.6 Å². The molecule has 0 spiro atoms. The number of allylic oxidation sites excluding steroid dienone is 4. The molecule has 0 aliphatic carbocycles. The van der Waals surface area contributed by atoms with Crippen LogP contribution in [0.4, 0.5) is 0 Å². The molecule has 0 aromatic carbocycles. The smallest absolute Gasteiger partial charge is 0.220 e. The predicted octanol–water partition coefficient (Wildman–Crippen LogP) is 19.9. The standard InChI is InChI=1S/C61H119NO3/c1-3-5-7-9-11-13-15-17-19-21-23-25-26-27-28-29-30-31-32-33-34-35-37-38-40-42-44-46-48-50-52-54-56-60(64)59(58-63)62-61(65)57-55-53-51-49-47-45-43-41-39-36-24-22-20-18-16-14-12-10-8-6-4-2/h16,18,22,24,59-60,63-64H,3-15,17,19-21,23,25-58H2,1-2H3,(H,62,65)/b18-16-,24-22-. The van der Waals surface area contributed by atoms with E-state index in [1.54, 1.807) is 0 Å². The van der Waals surface area contributed by atoms with Crippen molar-refractivity contribution >= 4 is 5.91 Å². The second kappa shape index (κ2) is 57.2. The quantitative estimate of drug-likeness (QED) is 0.0421. The van der Waals surface area contributed by atoms with E-state index in [9.17, 15) is 15.0 Å². The van der Waals surface area contributed by atoms with Crippen LogP contribution in [0, 0.1) is 0 Å². The molecule has 1 amide bonds. The van der Waals surface area contributed by atoms with Crippen LogP contribution in [-0.2, 0) is 4.79 Å². The van der Waals surface area contributed by atoms with Crippen LogP contribution in [0.3, 0.4) is 0 Å². The van der Waals surface area contributed by atoms with E-state index in [-0.39, 0.29) is 12.5 Å². The summed E-state index contributed by atoms with van der Waals surface area (Å²) in [4.78, 5) is 12.5. The first-order valence-electron chi connectivity index (χ1n) is 30.0. The number of carbonyl (C=O) groups is 1. The van der Waals surface area contributed by atoms with Crippen LogP contribution >= 0.6 is 0 Å². The molecule has 0 aliphatic rings. The van der Waals surface area contributed by atoms with Gasteiger partial charge in [-0.15, -0.1) is 0 Å². The minimum absolute atomic E-state index is 0.0305. The van der Waals surface area contributed by atoms with Crippen molar-refractivity contribution in [1.29, 1.82) is 0 Å². The maximum absolute atomic E-state index is 12.5. The third kappa shape index (κ3) is 53.7. The van der Waals surface area contributed by atoms with Crippen molar-refractivity contribution in [2.24, 2.45) is 0 Å². The number of amides is 1. The van der Waals surface area contributed by atoms with Crippen molar-refractivity contribution in [3.8, 4) is 0 Å². The van der Waals surface area contributed by atoms with Gasteiger partial charge in [0.25, 0.3) is 0 Å². The molecule has 65 heavy (non-hydrogen) atoms. The molecule has 0 aromatic heterocycles. The van der Waals surface area contributed by atoms with E-state index in [1.165, 1.54) is 283 Å². The Bertz CT molecular complexity index is 947.